The highest BCUT2D eigenvalue weighted by Gasteiger charge is 2.30. The smallest absolute Gasteiger partial charge is 0.303 e. The number of aliphatic carboxylic acids is 1. The van der Waals surface area contributed by atoms with E-state index in [0.29, 0.717) is 21.6 Å². The molecule has 10 heteroatoms. The van der Waals surface area contributed by atoms with Gasteiger partial charge in [-0.3, -0.25) is 14.4 Å². The van der Waals surface area contributed by atoms with E-state index in [1.165, 1.54) is 0 Å². The van der Waals surface area contributed by atoms with E-state index in [4.69, 9.17) is 28.2 Å². The molecule has 1 aliphatic rings. The lowest BCUT2D eigenvalue weighted by molar-refractivity contribution is -0.137. The van der Waals surface area contributed by atoms with E-state index in [-0.39, 0.29) is 12.8 Å². The molecule has 0 bridgehead atoms. The zero-order chi connectivity index (χ0) is 24.2. The van der Waals surface area contributed by atoms with Crippen molar-refractivity contribution >= 4 is 46.6 Å². The Labute approximate surface area is 212 Å². The molecule has 1 aromatic heterocycles. The summed E-state index contributed by atoms with van der Waals surface area (Å²) in [6, 6.07) is 12.6. The Morgan fingerprint density at radius 2 is 1.94 bits per heavy atom. The zero-order valence-corrected chi connectivity index (χ0v) is 21.2. The first-order valence-electron chi connectivity index (χ1n) is 10.9. The summed E-state index contributed by atoms with van der Waals surface area (Å²) in [5, 5.41) is 20.2. The predicted molar refractivity (Wildman–Crippen MR) is 137 cm³/mol. The van der Waals surface area contributed by atoms with Gasteiger partial charge in [0.15, 0.2) is 11.0 Å². The number of hydrogen-bond acceptors (Lipinski definition) is 6. The number of aliphatic imine (C=N–C) groups is 1. The number of halogens is 2. The normalized spacial score (nSPS) is 15.0. The molecule has 2 aromatic carbocycles. The molecule has 0 unspecified atom stereocenters. The Morgan fingerprint density at radius 1 is 1.15 bits per heavy atom. The second kappa shape index (κ2) is 10.9. The molecule has 1 atom stereocenters. The maximum atomic E-state index is 11.4. The van der Waals surface area contributed by atoms with Crippen molar-refractivity contribution in [2.75, 3.05) is 26.4 Å². The first kappa shape index (κ1) is 24.7. The molecule has 34 heavy (non-hydrogen) atoms. The fraction of sp³-hybridized carbons (Fsp3) is 0.333. The molecule has 0 saturated carbocycles. The number of aromatic nitrogens is 3. The van der Waals surface area contributed by atoms with Crippen molar-refractivity contribution < 1.29 is 9.90 Å². The van der Waals surface area contributed by atoms with Crippen molar-refractivity contribution in [3.8, 4) is 5.69 Å². The first-order chi connectivity index (χ1) is 16.3. The Hall–Kier alpha value is -2.39. The highest BCUT2D eigenvalue weighted by molar-refractivity contribution is 7.99. The highest BCUT2D eigenvalue weighted by Crippen LogP contribution is 2.37. The Balaban J connectivity index is 1.85. The third-order valence-electron chi connectivity index (χ3n) is 5.44. The van der Waals surface area contributed by atoms with Gasteiger partial charge in [0, 0.05) is 33.3 Å². The van der Waals surface area contributed by atoms with Crippen molar-refractivity contribution in [2.45, 2.75) is 30.5 Å². The van der Waals surface area contributed by atoms with Gasteiger partial charge in [0.2, 0.25) is 0 Å². The lowest BCUT2D eigenvalue weighted by atomic mass is 10.00. The molecule has 0 aliphatic carbocycles. The average molecular weight is 518 g/mol. The minimum absolute atomic E-state index is 0.0424. The summed E-state index contributed by atoms with van der Waals surface area (Å²) >= 11 is 14.6. The van der Waals surface area contributed by atoms with E-state index in [9.17, 15) is 9.90 Å². The third kappa shape index (κ3) is 5.46. The molecule has 0 radical (unpaired) electrons. The Bertz CT molecular complexity index is 1230. The van der Waals surface area contributed by atoms with Crippen LogP contribution in [0.15, 0.2) is 52.6 Å². The molecule has 3 aromatic rings. The number of benzene rings is 2. The number of carboxylic acid groups (broad SMARTS) is 1. The minimum atomic E-state index is -0.886. The molecule has 0 spiro atoms. The first-order valence-corrected chi connectivity index (χ1v) is 12.7. The summed E-state index contributed by atoms with van der Waals surface area (Å²) in [7, 11) is 4.10. The molecule has 1 N–H and O–H groups in total. The van der Waals surface area contributed by atoms with Crippen LogP contribution in [0.1, 0.15) is 42.3 Å². The fourth-order valence-electron chi connectivity index (χ4n) is 3.86. The largest absolute Gasteiger partial charge is 0.481 e. The van der Waals surface area contributed by atoms with Gasteiger partial charge >= 0.3 is 5.97 Å². The van der Waals surface area contributed by atoms with Crippen molar-refractivity contribution in [1.82, 2.24) is 19.7 Å². The van der Waals surface area contributed by atoms with Crippen LogP contribution in [-0.2, 0) is 4.79 Å². The summed E-state index contributed by atoms with van der Waals surface area (Å²) in [6.07, 6.45) is 1.24. The summed E-state index contributed by atoms with van der Waals surface area (Å²) in [6.45, 7) is 0.973. The maximum Gasteiger partial charge on any atom is 0.303 e. The van der Waals surface area contributed by atoms with Crippen LogP contribution in [0.3, 0.4) is 0 Å². The molecule has 7 nitrogen and oxygen atoms in total. The van der Waals surface area contributed by atoms with Crippen LogP contribution in [0.25, 0.3) is 5.69 Å². The highest BCUT2D eigenvalue weighted by atomic mass is 35.5. The Morgan fingerprint density at radius 3 is 2.68 bits per heavy atom. The Kier molecular flexibility index (Phi) is 7.93. The van der Waals surface area contributed by atoms with Crippen LogP contribution >= 0.6 is 35.0 Å². The van der Waals surface area contributed by atoms with Gasteiger partial charge in [0.1, 0.15) is 6.04 Å². The summed E-state index contributed by atoms with van der Waals surface area (Å²) in [5.74, 6) is 0.600. The lowest BCUT2D eigenvalue weighted by Gasteiger charge is -2.14. The SMILES string of the molecule is CN(C)CCCSc1nnc2n1-c1ccc(Cl)cc1C(c1ccccc1Cl)=N[C@H]2CCC(=O)O. The molecule has 0 saturated heterocycles. The molecular formula is C24H25Cl2N5O2S. The van der Waals surface area contributed by atoms with Crippen LogP contribution in [0.2, 0.25) is 10.0 Å². The second-order valence-electron chi connectivity index (χ2n) is 8.25. The summed E-state index contributed by atoms with van der Waals surface area (Å²) < 4.78 is 1.99. The van der Waals surface area contributed by atoms with Gasteiger partial charge in [-0.1, -0.05) is 53.2 Å². The van der Waals surface area contributed by atoms with Crippen LogP contribution < -0.4 is 0 Å². The number of hydrogen-bond donors (Lipinski definition) is 1. The number of thioether (sulfide) groups is 1. The van der Waals surface area contributed by atoms with Crippen LogP contribution in [0.5, 0.6) is 0 Å². The maximum absolute atomic E-state index is 11.4. The second-order valence-corrected chi connectivity index (χ2v) is 10.2. The average Bonchev–Trinajstić information content (AvgIpc) is 3.15. The predicted octanol–water partition coefficient (Wildman–Crippen LogP) is 5.37. The van der Waals surface area contributed by atoms with Crippen molar-refractivity contribution in [1.29, 1.82) is 0 Å². The molecule has 4 rings (SSSR count). The molecule has 2 heterocycles. The molecule has 178 valence electrons. The van der Waals surface area contributed by atoms with Gasteiger partial charge in [0.05, 0.1) is 11.4 Å². The van der Waals surface area contributed by atoms with E-state index >= 15 is 0 Å². The number of nitrogens with zero attached hydrogens (tertiary/aromatic N) is 5. The van der Waals surface area contributed by atoms with Crippen LogP contribution in [0, 0.1) is 0 Å². The zero-order valence-electron chi connectivity index (χ0n) is 18.9. The number of fused-ring (bicyclic) bond motifs is 3. The third-order valence-corrected chi connectivity index (χ3v) is 7.02. The van der Waals surface area contributed by atoms with E-state index in [1.54, 1.807) is 11.8 Å². The number of rotatable bonds is 9. The standard InChI is InChI=1S/C24H25Cl2N5O2S/c1-30(2)12-5-13-34-24-29-28-23-19(9-11-21(32)33)27-22(16-6-3-4-7-18(16)26)17-14-15(25)8-10-20(17)31(23)24/h3-4,6-8,10,14,19H,5,9,11-13H2,1-2H3,(H,32,33)/t19-/m0/s1. The van der Waals surface area contributed by atoms with Crippen LogP contribution in [0.4, 0.5) is 0 Å². The van der Waals surface area contributed by atoms with Crippen molar-refractivity contribution in [3.63, 3.8) is 0 Å². The minimum Gasteiger partial charge on any atom is -0.481 e. The van der Waals surface area contributed by atoms with Crippen molar-refractivity contribution in [2.24, 2.45) is 4.99 Å². The fourth-order valence-corrected chi connectivity index (χ4v) is 5.13. The van der Waals surface area contributed by atoms with Gasteiger partial charge in [-0.15, -0.1) is 10.2 Å². The van der Waals surface area contributed by atoms with E-state index in [2.05, 4.69) is 15.1 Å². The summed E-state index contributed by atoms with van der Waals surface area (Å²) in [4.78, 5) is 18.6. The monoisotopic (exact) mass is 517 g/mol. The van der Waals surface area contributed by atoms with Gasteiger partial charge in [-0.25, -0.2) is 0 Å². The topological polar surface area (TPSA) is 83.6 Å². The van der Waals surface area contributed by atoms with E-state index in [1.807, 2.05) is 61.1 Å². The summed E-state index contributed by atoms with van der Waals surface area (Å²) in [5.41, 5.74) is 3.06. The van der Waals surface area contributed by atoms with Crippen molar-refractivity contribution in [3.05, 3.63) is 69.5 Å². The van der Waals surface area contributed by atoms with E-state index in [0.717, 1.165) is 40.7 Å². The van der Waals surface area contributed by atoms with Gasteiger partial charge in [0.25, 0.3) is 0 Å². The van der Waals surface area contributed by atoms with Gasteiger partial charge < -0.3 is 10.0 Å². The number of carboxylic acids is 1. The molecule has 0 amide bonds. The van der Waals surface area contributed by atoms with Crippen LogP contribution in [-0.4, -0.2) is 62.8 Å². The molecular weight excluding hydrogens is 493 g/mol. The van der Waals surface area contributed by atoms with Gasteiger partial charge in [-0.2, -0.15) is 0 Å². The molecule has 1 aliphatic heterocycles. The van der Waals surface area contributed by atoms with E-state index < -0.39 is 12.0 Å². The lowest BCUT2D eigenvalue weighted by Crippen LogP contribution is -2.13. The quantitative estimate of drug-likeness (QED) is 0.303. The van der Waals surface area contributed by atoms with Gasteiger partial charge in [-0.05, 0) is 57.7 Å². The molecule has 0 fully saturated rings. The number of carbonyl (C=O) groups is 1.